The third-order valence-corrected chi connectivity index (χ3v) is 5.25. The third-order valence-electron chi connectivity index (χ3n) is 5.25. The number of piperazine rings is 1. The molecule has 27 heavy (non-hydrogen) atoms. The first-order valence-electron chi connectivity index (χ1n) is 9.63. The van der Waals surface area contributed by atoms with Crippen LogP contribution in [0.1, 0.15) is 37.8 Å². The Bertz CT molecular complexity index is 769. The summed E-state index contributed by atoms with van der Waals surface area (Å²) in [4.78, 5) is 25.9. The fourth-order valence-electron chi connectivity index (χ4n) is 3.50. The number of nitrogens with one attached hydrogen (secondary N) is 1. The van der Waals surface area contributed by atoms with Gasteiger partial charge in [-0.2, -0.15) is 0 Å². The molecule has 1 fully saturated rings. The zero-order chi connectivity index (χ0) is 19.4. The van der Waals surface area contributed by atoms with Gasteiger partial charge in [-0.15, -0.1) is 0 Å². The summed E-state index contributed by atoms with van der Waals surface area (Å²) >= 11 is 0. The van der Waals surface area contributed by atoms with Crippen molar-refractivity contribution in [2.45, 2.75) is 39.7 Å². The van der Waals surface area contributed by atoms with Crippen LogP contribution >= 0.6 is 0 Å². The summed E-state index contributed by atoms with van der Waals surface area (Å²) < 4.78 is 0. The maximum atomic E-state index is 12.9. The number of carbonyl (C=O) groups is 1. The predicted molar refractivity (Wildman–Crippen MR) is 109 cm³/mol. The molecule has 1 atom stereocenters. The van der Waals surface area contributed by atoms with Crippen LogP contribution in [0.2, 0.25) is 0 Å². The monoisotopic (exact) mass is 367 g/mol. The summed E-state index contributed by atoms with van der Waals surface area (Å²) in [5.41, 5.74) is 3.25. The molecule has 0 aliphatic carbocycles. The molecule has 2 aromatic rings. The van der Waals surface area contributed by atoms with E-state index in [0.29, 0.717) is 5.92 Å². The van der Waals surface area contributed by atoms with Gasteiger partial charge in [-0.05, 0) is 37.0 Å². The number of hydrogen-bond acceptors (Lipinski definition) is 5. The Kier molecular flexibility index (Phi) is 6.06. The van der Waals surface area contributed by atoms with Crippen molar-refractivity contribution in [1.82, 2.24) is 14.9 Å². The third kappa shape index (κ3) is 4.45. The van der Waals surface area contributed by atoms with Crippen molar-refractivity contribution in [2.24, 2.45) is 0 Å². The molecular formula is C21H29N5O. The minimum Gasteiger partial charge on any atom is -0.338 e. The Morgan fingerprint density at radius 2 is 1.70 bits per heavy atom. The number of rotatable bonds is 5. The van der Waals surface area contributed by atoms with E-state index in [1.807, 2.05) is 26.0 Å². The van der Waals surface area contributed by atoms with Gasteiger partial charge in [0.25, 0.3) is 0 Å². The second-order valence-corrected chi connectivity index (χ2v) is 7.43. The summed E-state index contributed by atoms with van der Waals surface area (Å²) in [6, 6.07) is 7.84. The second kappa shape index (κ2) is 8.48. The van der Waals surface area contributed by atoms with Gasteiger partial charge in [0.2, 0.25) is 11.9 Å². The number of para-hydroxylation sites is 1. The van der Waals surface area contributed by atoms with Gasteiger partial charge in [0, 0.05) is 44.3 Å². The number of benzene rings is 1. The molecule has 0 bridgehead atoms. The normalized spacial score (nSPS) is 16.4. The van der Waals surface area contributed by atoms with Gasteiger partial charge in [0.15, 0.2) is 0 Å². The molecular weight excluding hydrogens is 338 g/mol. The van der Waals surface area contributed by atoms with E-state index in [0.717, 1.165) is 43.4 Å². The maximum absolute atomic E-state index is 12.9. The average Bonchev–Trinajstić information content (AvgIpc) is 2.69. The lowest BCUT2D eigenvalue weighted by Crippen LogP contribution is -2.53. The van der Waals surface area contributed by atoms with Crippen LogP contribution in [0.15, 0.2) is 36.7 Å². The molecule has 0 radical (unpaired) electrons. The molecule has 3 rings (SSSR count). The van der Waals surface area contributed by atoms with Crippen LogP contribution in [0, 0.1) is 6.92 Å². The zero-order valence-corrected chi connectivity index (χ0v) is 16.6. The first kappa shape index (κ1) is 19.3. The average molecular weight is 367 g/mol. The summed E-state index contributed by atoms with van der Waals surface area (Å²) in [6.45, 7) is 11.6. The van der Waals surface area contributed by atoms with Gasteiger partial charge in [0.05, 0.1) is 6.04 Å². The zero-order valence-electron chi connectivity index (χ0n) is 16.6. The number of aromatic nitrogens is 2. The Morgan fingerprint density at radius 1 is 1.04 bits per heavy atom. The van der Waals surface area contributed by atoms with Crippen LogP contribution in [0.3, 0.4) is 0 Å². The van der Waals surface area contributed by atoms with Crippen molar-refractivity contribution in [3.63, 3.8) is 0 Å². The summed E-state index contributed by atoms with van der Waals surface area (Å²) in [6.07, 6.45) is 3.53. The molecule has 1 N–H and O–H groups in total. The van der Waals surface area contributed by atoms with E-state index in [1.165, 1.54) is 5.56 Å². The molecule has 2 heterocycles. The van der Waals surface area contributed by atoms with Gasteiger partial charge in [-0.3, -0.25) is 9.69 Å². The van der Waals surface area contributed by atoms with Crippen molar-refractivity contribution in [1.29, 1.82) is 0 Å². The van der Waals surface area contributed by atoms with E-state index in [-0.39, 0.29) is 11.9 Å². The fraction of sp³-hybridized carbons (Fsp3) is 0.476. The standard InChI is InChI=1S/C21H29N5O/c1-15(2)18-8-5-7-16(3)19(18)24-20(27)17(4)25-11-13-26(14-12-25)21-22-9-6-10-23-21/h5-10,15,17H,11-14H2,1-4H3,(H,24,27)/t17-/m1/s1. The molecule has 6 heteroatoms. The first-order valence-corrected chi connectivity index (χ1v) is 9.63. The van der Waals surface area contributed by atoms with Crippen LogP contribution in [0.5, 0.6) is 0 Å². The highest BCUT2D eigenvalue weighted by Crippen LogP contribution is 2.27. The van der Waals surface area contributed by atoms with Gasteiger partial charge >= 0.3 is 0 Å². The topological polar surface area (TPSA) is 61.4 Å². The quantitative estimate of drug-likeness (QED) is 0.880. The number of nitrogens with zero attached hydrogens (tertiary/aromatic N) is 4. The number of carbonyl (C=O) groups excluding carboxylic acids is 1. The second-order valence-electron chi connectivity index (χ2n) is 7.43. The number of hydrogen-bond donors (Lipinski definition) is 1. The summed E-state index contributed by atoms with van der Waals surface area (Å²) in [5.74, 6) is 1.18. The molecule has 1 aromatic heterocycles. The molecule has 1 saturated heterocycles. The smallest absolute Gasteiger partial charge is 0.241 e. The van der Waals surface area contributed by atoms with Crippen LogP contribution in [-0.2, 0) is 4.79 Å². The maximum Gasteiger partial charge on any atom is 0.241 e. The van der Waals surface area contributed by atoms with E-state index < -0.39 is 0 Å². The van der Waals surface area contributed by atoms with E-state index in [4.69, 9.17) is 0 Å². The predicted octanol–water partition coefficient (Wildman–Crippen LogP) is 3.06. The van der Waals surface area contributed by atoms with E-state index in [9.17, 15) is 4.79 Å². The minimum atomic E-state index is -0.177. The largest absolute Gasteiger partial charge is 0.338 e. The van der Waals surface area contributed by atoms with Gasteiger partial charge in [-0.25, -0.2) is 9.97 Å². The van der Waals surface area contributed by atoms with Crippen molar-refractivity contribution in [2.75, 3.05) is 36.4 Å². The molecule has 6 nitrogen and oxygen atoms in total. The van der Waals surface area contributed by atoms with E-state index >= 15 is 0 Å². The Labute approximate surface area is 161 Å². The number of anilines is 2. The van der Waals surface area contributed by atoms with Crippen LogP contribution in [0.25, 0.3) is 0 Å². The van der Waals surface area contributed by atoms with Gasteiger partial charge < -0.3 is 10.2 Å². The first-order chi connectivity index (χ1) is 13.0. The van der Waals surface area contributed by atoms with Crippen molar-refractivity contribution in [3.05, 3.63) is 47.8 Å². The van der Waals surface area contributed by atoms with Crippen LogP contribution in [0.4, 0.5) is 11.6 Å². The lowest BCUT2D eigenvalue weighted by atomic mass is 9.98. The summed E-state index contributed by atoms with van der Waals surface area (Å²) in [7, 11) is 0. The fourth-order valence-corrected chi connectivity index (χ4v) is 3.50. The van der Waals surface area contributed by atoms with Crippen LogP contribution in [-0.4, -0.2) is 53.0 Å². The molecule has 144 valence electrons. The molecule has 1 aromatic carbocycles. The van der Waals surface area contributed by atoms with Gasteiger partial charge in [-0.1, -0.05) is 32.0 Å². The molecule has 0 unspecified atom stereocenters. The Hall–Kier alpha value is -2.47. The highest BCUT2D eigenvalue weighted by atomic mass is 16.2. The molecule has 1 amide bonds. The van der Waals surface area contributed by atoms with Crippen molar-refractivity contribution < 1.29 is 4.79 Å². The number of aryl methyl sites for hydroxylation is 1. The van der Waals surface area contributed by atoms with E-state index in [1.54, 1.807) is 12.4 Å². The molecule has 0 spiro atoms. The SMILES string of the molecule is Cc1cccc(C(C)C)c1NC(=O)[C@@H](C)N1CCN(c2ncccn2)CC1. The van der Waals surface area contributed by atoms with Gasteiger partial charge in [0.1, 0.15) is 0 Å². The van der Waals surface area contributed by atoms with Crippen LogP contribution < -0.4 is 10.2 Å². The lowest BCUT2D eigenvalue weighted by molar-refractivity contribution is -0.120. The molecule has 0 saturated carbocycles. The Balaban J connectivity index is 1.62. The minimum absolute atomic E-state index is 0.0515. The van der Waals surface area contributed by atoms with E-state index in [2.05, 4.69) is 51.1 Å². The Morgan fingerprint density at radius 3 is 2.33 bits per heavy atom. The highest BCUT2D eigenvalue weighted by Gasteiger charge is 2.27. The molecule has 1 aliphatic heterocycles. The highest BCUT2D eigenvalue weighted by molar-refractivity contribution is 5.96. The number of amides is 1. The molecule has 1 aliphatic rings. The lowest BCUT2D eigenvalue weighted by Gasteiger charge is -2.37. The van der Waals surface area contributed by atoms with Crippen molar-refractivity contribution in [3.8, 4) is 0 Å². The summed E-state index contributed by atoms with van der Waals surface area (Å²) in [5, 5.41) is 3.18. The van der Waals surface area contributed by atoms with Crippen molar-refractivity contribution >= 4 is 17.5 Å².